The Kier molecular flexibility index (Phi) is 6.71. The van der Waals surface area contributed by atoms with Gasteiger partial charge in [0.25, 0.3) is 0 Å². The zero-order valence-corrected chi connectivity index (χ0v) is 20.0. The van der Waals surface area contributed by atoms with E-state index in [0.717, 1.165) is 16.1 Å². The Bertz CT molecular complexity index is 1410. The summed E-state index contributed by atoms with van der Waals surface area (Å²) >= 11 is 0. The van der Waals surface area contributed by atoms with E-state index in [-0.39, 0.29) is 37.2 Å². The Balaban J connectivity index is 1.65. The lowest BCUT2D eigenvalue weighted by Crippen LogP contribution is -2.31. The fourth-order valence-electron chi connectivity index (χ4n) is 3.77. The average Bonchev–Trinajstić information content (AvgIpc) is 3.18. The molecule has 0 spiro atoms. The maximum Gasteiger partial charge on any atom is 0.421 e. The molecule has 3 aromatic rings. The highest BCUT2D eigenvalue weighted by Crippen LogP contribution is 2.36. The molecule has 36 heavy (non-hydrogen) atoms. The molecular weight excluding hydrogens is 499 g/mol. The summed E-state index contributed by atoms with van der Waals surface area (Å²) in [5.74, 6) is -0.726. The van der Waals surface area contributed by atoms with Gasteiger partial charge < -0.3 is 16.0 Å². The van der Waals surface area contributed by atoms with E-state index in [1.807, 2.05) is 0 Å². The number of carbonyl (C=O) groups is 1. The fraction of sp³-hybridized carbons (Fsp3) is 0.273. The van der Waals surface area contributed by atoms with Crippen LogP contribution < -0.4 is 20.3 Å². The predicted octanol–water partition coefficient (Wildman–Crippen LogP) is 3.53. The van der Waals surface area contributed by atoms with Crippen molar-refractivity contribution in [3.05, 3.63) is 59.4 Å². The Hall–Kier alpha value is -3.94. The van der Waals surface area contributed by atoms with Gasteiger partial charge in [-0.05, 0) is 24.6 Å². The van der Waals surface area contributed by atoms with Crippen LogP contribution in [0.2, 0.25) is 0 Å². The summed E-state index contributed by atoms with van der Waals surface area (Å²) < 4.78 is 66.4. The molecule has 190 valence electrons. The first-order valence-corrected chi connectivity index (χ1v) is 12.6. The van der Waals surface area contributed by atoms with Crippen molar-refractivity contribution in [2.75, 3.05) is 33.1 Å². The van der Waals surface area contributed by atoms with Crippen LogP contribution in [0.3, 0.4) is 0 Å². The Morgan fingerprint density at radius 1 is 1.17 bits per heavy atom. The van der Waals surface area contributed by atoms with Gasteiger partial charge >= 0.3 is 6.18 Å². The number of anilines is 5. The van der Waals surface area contributed by atoms with Gasteiger partial charge in [0, 0.05) is 31.0 Å². The van der Waals surface area contributed by atoms with Crippen molar-refractivity contribution in [2.45, 2.75) is 26.1 Å². The molecular formula is C22H22F3N7O3S. The van der Waals surface area contributed by atoms with E-state index in [1.54, 1.807) is 37.3 Å². The molecule has 0 atom stereocenters. The van der Waals surface area contributed by atoms with Crippen LogP contribution >= 0.6 is 0 Å². The first kappa shape index (κ1) is 25.2. The van der Waals surface area contributed by atoms with Gasteiger partial charge in [-0.3, -0.25) is 9.10 Å². The molecule has 1 aliphatic rings. The smallest absolute Gasteiger partial charge is 0.365 e. The van der Waals surface area contributed by atoms with Crippen LogP contribution in [0.25, 0.3) is 0 Å². The Labute approximate surface area is 205 Å². The Morgan fingerprint density at radius 3 is 2.64 bits per heavy atom. The van der Waals surface area contributed by atoms with Gasteiger partial charge in [-0.25, -0.2) is 18.4 Å². The van der Waals surface area contributed by atoms with Gasteiger partial charge in [0.2, 0.25) is 21.9 Å². The number of sulfonamides is 1. The Morgan fingerprint density at radius 2 is 1.94 bits per heavy atom. The van der Waals surface area contributed by atoms with Crippen molar-refractivity contribution in [1.29, 1.82) is 0 Å². The SMILES string of the molecule is CCN(c1ncccc1CNc1nc(Nc2cccc3c2NC(=O)C3)ncc1C(F)(F)F)S(C)(=O)=O. The van der Waals surface area contributed by atoms with Gasteiger partial charge in [-0.1, -0.05) is 18.2 Å². The maximum absolute atomic E-state index is 13.7. The zero-order valence-electron chi connectivity index (χ0n) is 19.2. The predicted molar refractivity (Wildman–Crippen MR) is 129 cm³/mol. The second-order valence-corrected chi connectivity index (χ2v) is 9.82. The van der Waals surface area contributed by atoms with Crippen LogP contribution in [-0.2, 0) is 34.0 Å². The van der Waals surface area contributed by atoms with Crippen molar-refractivity contribution >= 4 is 44.9 Å². The van der Waals surface area contributed by atoms with Gasteiger partial charge in [-0.15, -0.1) is 0 Å². The molecule has 4 rings (SSSR count). The van der Waals surface area contributed by atoms with E-state index in [4.69, 9.17) is 0 Å². The number of pyridine rings is 1. The first-order valence-electron chi connectivity index (χ1n) is 10.8. The van der Waals surface area contributed by atoms with Crippen molar-refractivity contribution in [1.82, 2.24) is 15.0 Å². The maximum atomic E-state index is 13.7. The van der Waals surface area contributed by atoms with E-state index in [1.165, 1.54) is 6.20 Å². The van der Waals surface area contributed by atoms with Crippen molar-refractivity contribution in [2.24, 2.45) is 0 Å². The molecule has 1 amide bonds. The normalized spacial score (nSPS) is 13.2. The molecule has 1 aliphatic heterocycles. The van der Waals surface area contributed by atoms with Crippen molar-refractivity contribution in [3.8, 4) is 0 Å². The number of rotatable bonds is 8. The molecule has 3 heterocycles. The summed E-state index contributed by atoms with van der Waals surface area (Å²) in [6.07, 6.45) is -1.48. The summed E-state index contributed by atoms with van der Waals surface area (Å²) in [5.41, 5.74) is 0.951. The minimum absolute atomic E-state index is 0.0934. The van der Waals surface area contributed by atoms with Gasteiger partial charge in [0.15, 0.2) is 0 Å². The molecule has 14 heteroatoms. The van der Waals surface area contributed by atoms with E-state index in [2.05, 4.69) is 30.9 Å². The molecule has 0 saturated heterocycles. The summed E-state index contributed by atoms with van der Waals surface area (Å²) in [4.78, 5) is 23.7. The summed E-state index contributed by atoms with van der Waals surface area (Å²) in [6.45, 7) is 1.53. The molecule has 1 aromatic carbocycles. The van der Waals surface area contributed by atoms with Crippen LogP contribution in [0.4, 0.5) is 42.1 Å². The lowest BCUT2D eigenvalue weighted by atomic mass is 10.1. The molecule has 10 nitrogen and oxygen atoms in total. The van der Waals surface area contributed by atoms with E-state index in [9.17, 15) is 26.4 Å². The molecule has 0 unspecified atom stereocenters. The number of hydrogen-bond donors (Lipinski definition) is 3. The number of carbonyl (C=O) groups excluding carboxylic acids is 1. The topological polar surface area (TPSA) is 129 Å². The monoisotopic (exact) mass is 521 g/mol. The largest absolute Gasteiger partial charge is 0.421 e. The van der Waals surface area contributed by atoms with Crippen LogP contribution in [0.5, 0.6) is 0 Å². The number of benzene rings is 1. The quantitative estimate of drug-likeness (QED) is 0.411. The van der Waals surface area contributed by atoms with Gasteiger partial charge in [0.1, 0.15) is 17.2 Å². The van der Waals surface area contributed by atoms with Crippen molar-refractivity contribution in [3.63, 3.8) is 0 Å². The first-order chi connectivity index (χ1) is 17.0. The molecule has 0 aliphatic carbocycles. The number of amides is 1. The van der Waals surface area contributed by atoms with Crippen LogP contribution in [-0.4, -0.2) is 42.1 Å². The van der Waals surface area contributed by atoms with Gasteiger partial charge in [0.05, 0.1) is 24.1 Å². The van der Waals surface area contributed by atoms with Crippen LogP contribution in [0, 0.1) is 0 Å². The number of nitrogens with one attached hydrogen (secondary N) is 3. The fourth-order valence-corrected chi connectivity index (χ4v) is 4.72. The van der Waals surface area contributed by atoms with Gasteiger partial charge in [-0.2, -0.15) is 18.2 Å². The van der Waals surface area contributed by atoms with E-state index < -0.39 is 27.6 Å². The summed E-state index contributed by atoms with van der Waals surface area (Å²) in [6, 6.07) is 8.23. The number of para-hydroxylation sites is 1. The second-order valence-electron chi connectivity index (χ2n) is 7.91. The molecule has 0 radical (unpaired) electrons. The number of aromatic nitrogens is 3. The number of hydrogen-bond acceptors (Lipinski definition) is 8. The minimum atomic E-state index is -4.75. The van der Waals surface area contributed by atoms with Crippen LogP contribution in [0.1, 0.15) is 23.6 Å². The highest BCUT2D eigenvalue weighted by Gasteiger charge is 2.35. The number of nitrogens with zero attached hydrogens (tertiary/aromatic N) is 4. The molecule has 0 saturated carbocycles. The molecule has 3 N–H and O–H groups in total. The van der Waals surface area contributed by atoms with E-state index in [0.29, 0.717) is 23.1 Å². The molecule has 2 aromatic heterocycles. The zero-order chi connectivity index (χ0) is 26.1. The second kappa shape index (κ2) is 9.60. The van der Waals surface area contributed by atoms with E-state index >= 15 is 0 Å². The third-order valence-electron chi connectivity index (χ3n) is 5.34. The minimum Gasteiger partial charge on any atom is -0.365 e. The average molecular weight is 522 g/mol. The standard InChI is InChI=1S/C22H22F3N7O3S/c1-3-32(36(2,34)35)20-14(7-5-9-26-20)11-27-19-15(22(23,24)25)12-28-21(31-19)29-16-8-4-6-13-10-17(33)30-18(13)16/h4-9,12H,3,10-11H2,1-2H3,(H,30,33)(H2,27,28,29,31). The van der Waals surface area contributed by atoms with Crippen molar-refractivity contribution < 1.29 is 26.4 Å². The highest BCUT2D eigenvalue weighted by molar-refractivity contribution is 7.92. The third kappa shape index (κ3) is 5.32. The lowest BCUT2D eigenvalue weighted by Gasteiger charge is -2.22. The number of fused-ring (bicyclic) bond motifs is 1. The summed E-state index contributed by atoms with van der Waals surface area (Å²) in [5, 5.41) is 8.21. The third-order valence-corrected chi connectivity index (χ3v) is 6.58. The van der Waals surface area contributed by atoms with Crippen LogP contribution in [0.15, 0.2) is 42.7 Å². The molecule has 0 bridgehead atoms. The number of halogens is 3. The molecule has 0 fully saturated rings. The summed E-state index contributed by atoms with van der Waals surface area (Å²) in [7, 11) is -3.66. The number of alkyl halides is 3. The highest BCUT2D eigenvalue weighted by atomic mass is 32.2. The lowest BCUT2D eigenvalue weighted by molar-refractivity contribution is -0.137.